The number of carbonyl (C=O) groups excluding carboxylic acids is 1. The standard InChI is InChI=1S/C8H9BrClNO4S2/c1-15-6(12)2-3-11-17(13,14)7-4-5(10)8(9)16-7/h4,11H,2-3H2,1H3. The van der Waals surface area contributed by atoms with Gasteiger partial charge in [0, 0.05) is 6.54 Å². The van der Waals surface area contributed by atoms with Crippen molar-refractivity contribution in [1.29, 1.82) is 0 Å². The third-order valence-corrected chi connectivity index (χ3v) is 6.15. The van der Waals surface area contributed by atoms with Crippen molar-refractivity contribution in [2.75, 3.05) is 13.7 Å². The molecule has 1 aromatic heterocycles. The molecule has 0 fully saturated rings. The van der Waals surface area contributed by atoms with Crippen molar-refractivity contribution in [1.82, 2.24) is 4.72 Å². The highest BCUT2D eigenvalue weighted by Gasteiger charge is 2.18. The van der Waals surface area contributed by atoms with Crippen LogP contribution >= 0.6 is 38.9 Å². The number of esters is 1. The number of ether oxygens (including phenoxy) is 1. The molecule has 17 heavy (non-hydrogen) atoms. The third kappa shape index (κ3) is 4.22. The van der Waals surface area contributed by atoms with E-state index in [4.69, 9.17) is 11.6 Å². The Bertz CT molecular complexity index is 494. The molecule has 9 heteroatoms. The first-order valence-corrected chi connectivity index (χ1v) is 7.85. The number of nitrogens with one attached hydrogen (secondary N) is 1. The van der Waals surface area contributed by atoms with E-state index < -0.39 is 16.0 Å². The number of sulfonamides is 1. The topological polar surface area (TPSA) is 72.5 Å². The Labute approximate surface area is 116 Å². The van der Waals surface area contributed by atoms with Gasteiger partial charge in [0.2, 0.25) is 10.0 Å². The molecule has 0 bridgehead atoms. The van der Waals surface area contributed by atoms with Crippen LogP contribution in [-0.2, 0) is 19.6 Å². The Balaban J connectivity index is 2.66. The van der Waals surface area contributed by atoms with E-state index in [0.717, 1.165) is 11.3 Å². The van der Waals surface area contributed by atoms with Gasteiger partial charge in [-0.3, -0.25) is 4.79 Å². The normalized spacial score (nSPS) is 11.5. The lowest BCUT2D eigenvalue weighted by Gasteiger charge is -2.03. The van der Waals surface area contributed by atoms with Crippen LogP contribution in [0.3, 0.4) is 0 Å². The summed E-state index contributed by atoms with van der Waals surface area (Å²) >= 11 is 9.87. The predicted molar refractivity (Wildman–Crippen MR) is 68.9 cm³/mol. The van der Waals surface area contributed by atoms with Crippen molar-refractivity contribution in [2.24, 2.45) is 0 Å². The number of rotatable bonds is 5. The quantitative estimate of drug-likeness (QED) is 0.813. The van der Waals surface area contributed by atoms with Gasteiger partial charge in [-0.05, 0) is 22.0 Å². The van der Waals surface area contributed by atoms with Crippen LogP contribution in [0.4, 0.5) is 0 Å². The molecule has 1 aromatic rings. The Morgan fingerprint density at radius 2 is 2.29 bits per heavy atom. The first kappa shape index (κ1) is 14.9. The predicted octanol–water partition coefficient (Wildman–Crippen LogP) is 2.01. The van der Waals surface area contributed by atoms with E-state index >= 15 is 0 Å². The molecule has 0 spiro atoms. The molecular formula is C8H9BrClNO4S2. The van der Waals surface area contributed by atoms with E-state index in [9.17, 15) is 13.2 Å². The fourth-order valence-electron chi connectivity index (χ4n) is 0.920. The number of carbonyl (C=O) groups is 1. The third-order valence-electron chi connectivity index (χ3n) is 1.74. The Kier molecular flexibility index (Phi) is 5.39. The number of thiophene rings is 1. The van der Waals surface area contributed by atoms with Gasteiger partial charge < -0.3 is 4.74 Å². The fourth-order valence-corrected chi connectivity index (χ4v) is 4.39. The summed E-state index contributed by atoms with van der Waals surface area (Å²) in [5.74, 6) is -0.474. The van der Waals surface area contributed by atoms with E-state index in [0.29, 0.717) is 8.81 Å². The van der Waals surface area contributed by atoms with Crippen molar-refractivity contribution in [2.45, 2.75) is 10.6 Å². The summed E-state index contributed by atoms with van der Waals surface area (Å²) in [4.78, 5) is 10.8. The largest absolute Gasteiger partial charge is 0.469 e. The maximum Gasteiger partial charge on any atom is 0.306 e. The summed E-state index contributed by atoms with van der Waals surface area (Å²) in [6.45, 7) is -0.0118. The molecule has 0 atom stereocenters. The molecule has 96 valence electrons. The van der Waals surface area contributed by atoms with Crippen LogP contribution in [0.5, 0.6) is 0 Å². The van der Waals surface area contributed by atoms with Crippen LogP contribution in [0.2, 0.25) is 5.02 Å². The van der Waals surface area contributed by atoms with Gasteiger partial charge in [-0.15, -0.1) is 11.3 Å². The first-order chi connectivity index (χ1) is 7.86. The lowest BCUT2D eigenvalue weighted by Crippen LogP contribution is -2.25. The van der Waals surface area contributed by atoms with Crippen molar-refractivity contribution >= 4 is 54.9 Å². The van der Waals surface area contributed by atoms with Gasteiger partial charge in [-0.1, -0.05) is 11.6 Å². The molecule has 0 radical (unpaired) electrons. The van der Waals surface area contributed by atoms with Crippen LogP contribution in [0, 0.1) is 0 Å². The fraction of sp³-hybridized carbons (Fsp3) is 0.375. The summed E-state index contributed by atoms with van der Waals surface area (Å²) in [5, 5.41) is 0.336. The highest BCUT2D eigenvalue weighted by molar-refractivity contribution is 9.11. The van der Waals surface area contributed by atoms with Gasteiger partial charge in [-0.2, -0.15) is 0 Å². The first-order valence-electron chi connectivity index (χ1n) is 4.38. The van der Waals surface area contributed by atoms with Crippen molar-refractivity contribution in [3.8, 4) is 0 Å². The second-order valence-corrected chi connectivity index (χ2v) is 7.68. The monoisotopic (exact) mass is 361 g/mol. The molecule has 0 amide bonds. The highest BCUT2D eigenvalue weighted by atomic mass is 79.9. The van der Waals surface area contributed by atoms with Gasteiger partial charge in [0.15, 0.2) is 0 Å². The maximum absolute atomic E-state index is 11.7. The zero-order valence-corrected chi connectivity index (χ0v) is 12.7. The van der Waals surface area contributed by atoms with E-state index in [1.807, 2.05) is 0 Å². The molecular weight excluding hydrogens is 354 g/mol. The zero-order valence-electron chi connectivity index (χ0n) is 8.70. The highest BCUT2D eigenvalue weighted by Crippen LogP contribution is 2.34. The molecule has 0 saturated carbocycles. The SMILES string of the molecule is COC(=O)CCNS(=O)(=O)c1cc(Cl)c(Br)s1. The Hall–Kier alpha value is -0.150. The number of hydrogen-bond donors (Lipinski definition) is 1. The van der Waals surface area contributed by atoms with Crippen LogP contribution in [-0.4, -0.2) is 28.0 Å². The molecule has 5 nitrogen and oxygen atoms in total. The molecule has 1 N–H and O–H groups in total. The van der Waals surface area contributed by atoms with E-state index in [1.165, 1.54) is 13.2 Å². The molecule has 0 aliphatic rings. The van der Waals surface area contributed by atoms with E-state index in [2.05, 4.69) is 25.4 Å². The average Bonchev–Trinajstić information content (AvgIpc) is 2.59. The maximum atomic E-state index is 11.7. The molecule has 0 saturated heterocycles. The summed E-state index contributed by atoms with van der Waals surface area (Å²) in [7, 11) is -2.38. The molecule has 0 unspecified atom stereocenters. The van der Waals surface area contributed by atoms with Crippen LogP contribution in [0.25, 0.3) is 0 Å². The molecule has 1 rings (SSSR count). The van der Waals surface area contributed by atoms with Gasteiger partial charge >= 0.3 is 5.97 Å². The number of methoxy groups -OCH3 is 1. The van der Waals surface area contributed by atoms with Gasteiger partial charge in [0.1, 0.15) is 4.21 Å². The van der Waals surface area contributed by atoms with Crippen molar-refractivity contribution < 1.29 is 17.9 Å². The van der Waals surface area contributed by atoms with Crippen molar-refractivity contribution in [3.63, 3.8) is 0 Å². The summed E-state index contributed by atoms with van der Waals surface area (Å²) in [5.41, 5.74) is 0. The van der Waals surface area contributed by atoms with Crippen LogP contribution < -0.4 is 4.72 Å². The van der Waals surface area contributed by atoms with E-state index in [1.54, 1.807) is 0 Å². The minimum Gasteiger partial charge on any atom is -0.469 e. The van der Waals surface area contributed by atoms with Gasteiger partial charge in [-0.25, -0.2) is 13.1 Å². The molecule has 1 heterocycles. The Morgan fingerprint density at radius 3 is 2.76 bits per heavy atom. The average molecular weight is 363 g/mol. The van der Waals surface area contributed by atoms with Crippen LogP contribution in [0.15, 0.2) is 14.1 Å². The minimum atomic E-state index is -3.62. The zero-order chi connectivity index (χ0) is 13.1. The number of halogens is 2. The van der Waals surface area contributed by atoms with Crippen molar-refractivity contribution in [3.05, 3.63) is 14.9 Å². The lowest BCUT2D eigenvalue weighted by molar-refractivity contribution is -0.140. The summed E-state index contributed by atoms with van der Waals surface area (Å²) in [6.07, 6.45) is -0.0179. The smallest absolute Gasteiger partial charge is 0.306 e. The second kappa shape index (κ2) is 6.14. The molecule has 0 aromatic carbocycles. The van der Waals surface area contributed by atoms with E-state index in [-0.39, 0.29) is 17.2 Å². The van der Waals surface area contributed by atoms with Crippen LogP contribution in [0.1, 0.15) is 6.42 Å². The van der Waals surface area contributed by atoms with Gasteiger partial charge in [0.25, 0.3) is 0 Å². The Morgan fingerprint density at radius 1 is 1.65 bits per heavy atom. The van der Waals surface area contributed by atoms with Gasteiger partial charge in [0.05, 0.1) is 22.3 Å². The number of hydrogen-bond acceptors (Lipinski definition) is 5. The summed E-state index contributed by atoms with van der Waals surface area (Å²) in [6, 6.07) is 1.34. The lowest BCUT2D eigenvalue weighted by atomic mass is 10.4. The summed E-state index contributed by atoms with van der Waals surface area (Å²) < 4.78 is 30.8. The molecule has 0 aliphatic carbocycles. The minimum absolute atomic E-state index is 0.0118. The molecule has 0 aliphatic heterocycles. The second-order valence-electron chi connectivity index (χ2n) is 2.91.